The summed E-state index contributed by atoms with van der Waals surface area (Å²) in [6, 6.07) is 5.30. The van der Waals surface area contributed by atoms with Crippen molar-refractivity contribution < 1.29 is 23.8 Å². The van der Waals surface area contributed by atoms with E-state index in [1.54, 1.807) is 45.4 Å². The number of hydrogen-bond acceptors (Lipinski definition) is 7. The second-order valence-electron chi connectivity index (χ2n) is 8.63. The van der Waals surface area contributed by atoms with E-state index in [9.17, 15) is 14.4 Å². The van der Waals surface area contributed by atoms with Crippen LogP contribution in [0, 0.1) is 11.8 Å². The zero-order chi connectivity index (χ0) is 24.8. The molecule has 34 heavy (non-hydrogen) atoms. The number of likely N-dealkylation sites (tertiary alicyclic amines) is 1. The summed E-state index contributed by atoms with van der Waals surface area (Å²) in [5.41, 5.74) is 0.364. The predicted molar refractivity (Wildman–Crippen MR) is 132 cm³/mol. The molecule has 1 aromatic carbocycles. The summed E-state index contributed by atoms with van der Waals surface area (Å²) in [5.74, 6) is 1.30. The molecule has 0 spiro atoms. The number of piperidine rings is 1. The van der Waals surface area contributed by atoms with E-state index in [-0.39, 0.29) is 24.6 Å². The van der Waals surface area contributed by atoms with E-state index in [0.717, 1.165) is 17.8 Å². The standard InChI is InChI=1S/C25H32N2O6S/c1-6-33-24(29)12-23-27(15-22(28)26-13-16(2)7-17(3)14-26)25(30)21(34-23)10-18-8-19(31-4)11-20(9-18)32-5/h8-12,16-17H,6-7,13-15H2,1-5H3/b21-10-,23-12+. The van der Waals surface area contributed by atoms with Gasteiger partial charge in [0.25, 0.3) is 5.56 Å². The molecule has 0 bridgehead atoms. The Balaban J connectivity index is 2.05. The molecule has 0 N–H and O–H groups in total. The number of aromatic nitrogens is 1. The van der Waals surface area contributed by atoms with Crippen molar-refractivity contribution in [2.24, 2.45) is 11.8 Å². The van der Waals surface area contributed by atoms with Crippen LogP contribution in [0.2, 0.25) is 0 Å². The van der Waals surface area contributed by atoms with Gasteiger partial charge in [-0.1, -0.05) is 13.8 Å². The fraction of sp³-hybridized carbons (Fsp3) is 0.480. The Kier molecular flexibility index (Phi) is 8.55. The lowest BCUT2D eigenvalue weighted by Gasteiger charge is -2.35. The first-order valence-electron chi connectivity index (χ1n) is 11.3. The molecule has 1 aliphatic heterocycles. The second kappa shape index (κ2) is 11.4. The molecule has 1 amide bonds. The number of hydrogen-bond donors (Lipinski definition) is 0. The Morgan fingerprint density at radius 2 is 1.71 bits per heavy atom. The molecule has 1 fully saturated rings. The number of carbonyl (C=O) groups is 2. The van der Waals surface area contributed by atoms with Crippen molar-refractivity contribution in [1.29, 1.82) is 0 Å². The quantitative estimate of drug-likeness (QED) is 0.551. The molecule has 2 atom stereocenters. The van der Waals surface area contributed by atoms with Gasteiger partial charge in [-0.05, 0) is 49.0 Å². The summed E-state index contributed by atoms with van der Waals surface area (Å²) in [4.78, 5) is 40.4. The SMILES string of the molecule is CCOC(=O)/C=c1/s/c(=C\c2cc(OC)cc(OC)c2)c(=O)n1CC(=O)N1CC(C)CC(C)C1. The van der Waals surface area contributed by atoms with Crippen LogP contribution in [0.4, 0.5) is 0 Å². The zero-order valence-corrected chi connectivity index (χ0v) is 21.1. The minimum absolute atomic E-state index is 0.130. The van der Waals surface area contributed by atoms with Crippen molar-refractivity contribution in [2.75, 3.05) is 33.9 Å². The highest BCUT2D eigenvalue weighted by atomic mass is 32.1. The van der Waals surface area contributed by atoms with E-state index in [2.05, 4.69) is 13.8 Å². The van der Waals surface area contributed by atoms with Gasteiger partial charge in [0.1, 0.15) is 22.7 Å². The summed E-state index contributed by atoms with van der Waals surface area (Å²) in [5, 5.41) is 0. The van der Waals surface area contributed by atoms with E-state index in [4.69, 9.17) is 14.2 Å². The fourth-order valence-corrected chi connectivity index (χ4v) is 5.27. The maximum absolute atomic E-state index is 13.3. The number of nitrogens with zero attached hydrogens (tertiary/aromatic N) is 2. The molecule has 2 heterocycles. The number of amides is 1. The molecule has 9 heteroatoms. The molecule has 3 rings (SSSR count). The molecule has 1 saturated heterocycles. The van der Waals surface area contributed by atoms with Gasteiger partial charge >= 0.3 is 5.97 Å². The molecule has 1 aromatic heterocycles. The Morgan fingerprint density at radius 3 is 2.26 bits per heavy atom. The highest BCUT2D eigenvalue weighted by Crippen LogP contribution is 2.23. The molecule has 2 unspecified atom stereocenters. The molecular weight excluding hydrogens is 456 g/mol. The van der Waals surface area contributed by atoms with Crippen molar-refractivity contribution >= 4 is 35.4 Å². The Labute approximate surface area is 203 Å². The number of rotatable bonds is 7. The van der Waals surface area contributed by atoms with E-state index < -0.39 is 5.97 Å². The first kappa shape index (κ1) is 25.6. The third-order valence-electron chi connectivity index (χ3n) is 5.65. The van der Waals surface area contributed by atoms with Gasteiger partial charge in [0, 0.05) is 19.2 Å². The van der Waals surface area contributed by atoms with Crippen LogP contribution in [0.3, 0.4) is 0 Å². The van der Waals surface area contributed by atoms with Crippen LogP contribution in [-0.4, -0.2) is 55.3 Å². The molecule has 184 valence electrons. The Hall–Kier alpha value is -3.07. The van der Waals surface area contributed by atoms with Crippen molar-refractivity contribution in [3.05, 3.63) is 43.3 Å². The number of carbonyl (C=O) groups excluding carboxylic acids is 2. The second-order valence-corrected chi connectivity index (χ2v) is 9.69. The van der Waals surface area contributed by atoms with Gasteiger partial charge < -0.3 is 19.1 Å². The first-order chi connectivity index (χ1) is 16.2. The van der Waals surface area contributed by atoms with Crippen LogP contribution in [0.1, 0.15) is 32.8 Å². The zero-order valence-electron chi connectivity index (χ0n) is 20.3. The maximum Gasteiger partial charge on any atom is 0.333 e. The number of methoxy groups -OCH3 is 2. The van der Waals surface area contributed by atoms with Crippen LogP contribution in [0.15, 0.2) is 23.0 Å². The molecule has 1 aliphatic rings. The topological polar surface area (TPSA) is 87.1 Å². The molecule has 0 radical (unpaired) electrons. The van der Waals surface area contributed by atoms with E-state index in [1.807, 2.05) is 4.90 Å². The van der Waals surface area contributed by atoms with Gasteiger partial charge in [-0.3, -0.25) is 14.2 Å². The lowest BCUT2D eigenvalue weighted by Crippen LogP contribution is -2.46. The van der Waals surface area contributed by atoms with Crippen LogP contribution >= 0.6 is 11.3 Å². The van der Waals surface area contributed by atoms with Crippen molar-refractivity contribution in [2.45, 2.75) is 33.7 Å². The lowest BCUT2D eigenvalue weighted by atomic mass is 9.92. The minimum atomic E-state index is -0.556. The highest BCUT2D eigenvalue weighted by Gasteiger charge is 2.26. The lowest BCUT2D eigenvalue weighted by molar-refractivity contribution is -0.136. The third-order valence-corrected chi connectivity index (χ3v) is 6.71. The van der Waals surface area contributed by atoms with Crippen LogP contribution < -0.4 is 24.2 Å². The molecule has 0 aliphatic carbocycles. The van der Waals surface area contributed by atoms with Gasteiger partial charge in [0.15, 0.2) is 0 Å². The van der Waals surface area contributed by atoms with Gasteiger partial charge in [-0.2, -0.15) is 0 Å². The molecule has 0 saturated carbocycles. The third kappa shape index (κ3) is 6.28. The average molecular weight is 489 g/mol. The smallest absolute Gasteiger partial charge is 0.333 e. The van der Waals surface area contributed by atoms with Crippen LogP contribution in [-0.2, 0) is 20.9 Å². The normalized spacial score (nSPS) is 19.3. The highest BCUT2D eigenvalue weighted by molar-refractivity contribution is 7.07. The molecule has 8 nitrogen and oxygen atoms in total. The minimum Gasteiger partial charge on any atom is -0.497 e. The summed E-state index contributed by atoms with van der Waals surface area (Å²) >= 11 is 1.14. The predicted octanol–water partition coefficient (Wildman–Crippen LogP) is 1.60. The van der Waals surface area contributed by atoms with Gasteiger partial charge in [0.2, 0.25) is 5.91 Å². The van der Waals surface area contributed by atoms with Gasteiger partial charge in [-0.15, -0.1) is 11.3 Å². The molecule has 2 aromatic rings. The summed E-state index contributed by atoms with van der Waals surface area (Å²) in [7, 11) is 3.11. The van der Waals surface area contributed by atoms with E-state index in [1.165, 1.54) is 10.6 Å². The number of ether oxygens (including phenoxy) is 3. The Morgan fingerprint density at radius 1 is 1.09 bits per heavy atom. The van der Waals surface area contributed by atoms with Gasteiger partial charge in [0.05, 0.1) is 31.4 Å². The van der Waals surface area contributed by atoms with E-state index >= 15 is 0 Å². The largest absolute Gasteiger partial charge is 0.497 e. The summed E-state index contributed by atoms with van der Waals surface area (Å²) in [6.45, 7) is 7.39. The Bertz CT molecular complexity index is 1180. The van der Waals surface area contributed by atoms with Crippen LogP contribution in [0.5, 0.6) is 11.5 Å². The van der Waals surface area contributed by atoms with Crippen LogP contribution in [0.25, 0.3) is 12.2 Å². The monoisotopic (exact) mass is 488 g/mol. The maximum atomic E-state index is 13.3. The average Bonchev–Trinajstić information content (AvgIpc) is 3.06. The number of thiazole rings is 1. The number of esters is 1. The number of benzene rings is 1. The van der Waals surface area contributed by atoms with Crippen molar-refractivity contribution in [3.63, 3.8) is 0 Å². The first-order valence-corrected chi connectivity index (χ1v) is 12.2. The van der Waals surface area contributed by atoms with Crippen molar-refractivity contribution in [1.82, 2.24) is 9.47 Å². The summed E-state index contributed by atoms with van der Waals surface area (Å²) < 4.78 is 17.8. The fourth-order valence-electron chi connectivity index (χ4n) is 4.24. The van der Waals surface area contributed by atoms with E-state index in [0.29, 0.717) is 51.2 Å². The summed E-state index contributed by atoms with van der Waals surface area (Å²) in [6.07, 6.45) is 4.05. The van der Waals surface area contributed by atoms with Gasteiger partial charge in [-0.25, -0.2) is 4.79 Å². The molecular formula is C25H32N2O6S. The van der Waals surface area contributed by atoms with Crippen molar-refractivity contribution in [3.8, 4) is 11.5 Å².